The van der Waals surface area contributed by atoms with Gasteiger partial charge < -0.3 is 24.1 Å². The second-order valence-corrected chi connectivity index (χ2v) is 7.53. The molecular weight excluding hydrogens is 418 g/mol. The average Bonchev–Trinajstić information content (AvgIpc) is 3.23. The summed E-state index contributed by atoms with van der Waals surface area (Å²) in [6.45, 7) is 2.90. The zero-order valence-electron chi connectivity index (χ0n) is 18.7. The standard InChI is InChI=1S/C26H27N3O4/c1-19(27-25(30)18-33-21-8-4-3-5-9-21)26-28-23-10-6-7-11-24(23)29(26)16-17-32-22-14-12-20(31-2)13-15-22/h3-15,19H,16-18H2,1-2H3,(H,27,30). The zero-order valence-corrected chi connectivity index (χ0v) is 18.7. The third-order valence-electron chi connectivity index (χ3n) is 5.21. The SMILES string of the molecule is COc1ccc(OCCn2c(C(C)NC(=O)COc3ccccc3)nc3ccccc32)cc1. The molecule has 1 aromatic heterocycles. The number of amides is 1. The number of nitrogens with one attached hydrogen (secondary N) is 1. The van der Waals surface area contributed by atoms with E-state index in [-0.39, 0.29) is 18.6 Å². The fourth-order valence-corrected chi connectivity index (χ4v) is 3.60. The third-order valence-corrected chi connectivity index (χ3v) is 5.21. The van der Waals surface area contributed by atoms with Gasteiger partial charge in [-0.25, -0.2) is 4.98 Å². The molecule has 0 saturated carbocycles. The summed E-state index contributed by atoms with van der Waals surface area (Å²) >= 11 is 0. The number of para-hydroxylation sites is 3. The molecule has 7 nitrogen and oxygen atoms in total. The van der Waals surface area contributed by atoms with E-state index in [2.05, 4.69) is 9.88 Å². The van der Waals surface area contributed by atoms with E-state index in [1.807, 2.05) is 85.8 Å². The van der Waals surface area contributed by atoms with Crippen LogP contribution in [0.25, 0.3) is 11.0 Å². The lowest BCUT2D eigenvalue weighted by Gasteiger charge is -2.17. The van der Waals surface area contributed by atoms with Crippen molar-refractivity contribution in [2.45, 2.75) is 19.5 Å². The Labute approximate surface area is 192 Å². The van der Waals surface area contributed by atoms with Crippen LogP contribution in [0.5, 0.6) is 17.2 Å². The fourth-order valence-electron chi connectivity index (χ4n) is 3.60. The third kappa shape index (κ3) is 5.63. The summed E-state index contributed by atoms with van der Waals surface area (Å²) in [6, 6.07) is 24.4. The lowest BCUT2D eigenvalue weighted by Crippen LogP contribution is -2.33. The molecule has 0 spiro atoms. The summed E-state index contributed by atoms with van der Waals surface area (Å²) in [5.41, 5.74) is 1.87. The minimum absolute atomic E-state index is 0.0604. The van der Waals surface area contributed by atoms with E-state index in [0.717, 1.165) is 28.4 Å². The average molecular weight is 446 g/mol. The Balaban J connectivity index is 1.42. The van der Waals surface area contributed by atoms with Crippen molar-refractivity contribution in [3.8, 4) is 17.2 Å². The number of fused-ring (bicyclic) bond motifs is 1. The quantitative estimate of drug-likeness (QED) is 0.392. The number of ether oxygens (including phenoxy) is 3. The topological polar surface area (TPSA) is 74.6 Å². The molecule has 7 heteroatoms. The van der Waals surface area contributed by atoms with Gasteiger partial charge in [-0.1, -0.05) is 30.3 Å². The Morgan fingerprint density at radius 3 is 2.33 bits per heavy atom. The first-order valence-corrected chi connectivity index (χ1v) is 10.8. The molecule has 0 aliphatic heterocycles. The van der Waals surface area contributed by atoms with Crippen LogP contribution in [0.3, 0.4) is 0 Å². The normalized spacial score (nSPS) is 11.7. The summed E-state index contributed by atoms with van der Waals surface area (Å²) < 4.78 is 18.7. The second kappa shape index (κ2) is 10.5. The molecule has 0 radical (unpaired) electrons. The number of hydrogen-bond acceptors (Lipinski definition) is 5. The van der Waals surface area contributed by atoms with E-state index in [9.17, 15) is 4.79 Å². The summed E-state index contributed by atoms with van der Waals surface area (Å²) in [6.07, 6.45) is 0. The second-order valence-electron chi connectivity index (χ2n) is 7.53. The molecule has 170 valence electrons. The van der Waals surface area contributed by atoms with Crippen LogP contribution in [-0.2, 0) is 11.3 Å². The monoisotopic (exact) mass is 445 g/mol. The van der Waals surface area contributed by atoms with Crippen molar-refractivity contribution in [3.05, 3.63) is 84.7 Å². The molecule has 0 aliphatic rings. The van der Waals surface area contributed by atoms with E-state index in [0.29, 0.717) is 18.9 Å². The van der Waals surface area contributed by atoms with Gasteiger partial charge in [0.05, 0.1) is 30.7 Å². The Bertz CT molecular complexity index is 1190. The number of methoxy groups -OCH3 is 1. The van der Waals surface area contributed by atoms with Gasteiger partial charge in [-0.05, 0) is 55.5 Å². The van der Waals surface area contributed by atoms with Crippen molar-refractivity contribution in [2.75, 3.05) is 20.3 Å². The molecule has 1 N–H and O–H groups in total. The molecule has 1 amide bonds. The largest absolute Gasteiger partial charge is 0.497 e. The van der Waals surface area contributed by atoms with Crippen LogP contribution in [0.15, 0.2) is 78.9 Å². The van der Waals surface area contributed by atoms with Crippen LogP contribution in [0.1, 0.15) is 18.8 Å². The highest BCUT2D eigenvalue weighted by Crippen LogP contribution is 2.22. The number of rotatable bonds is 10. The minimum Gasteiger partial charge on any atom is -0.497 e. The molecule has 1 atom stereocenters. The van der Waals surface area contributed by atoms with Crippen molar-refractivity contribution in [1.29, 1.82) is 0 Å². The lowest BCUT2D eigenvalue weighted by molar-refractivity contribution is -0.123. The van der Waals surface area contributed by atoms with Gasteiger partial charge >= 0.3 is 0 Å². The number of hydrogen-bond donors (Lipinski definition) is 1. The van der Waals surface area contributed by atoms with Gasteiger partial charge in [0.1, 0.15) is 29.7 Å². The van der Waals surface area contributed by atoms with Crippen LogP contribution >= 0.6 is 0 Å². The van der Waals surface area contributed by atoms with Gasteiger partial charge in [-0.2, -0.15) is 0 Å². The Morgan fingerprint density at radius 1 is 0.909 bits per heavy atom. The maximum atomic E-state index is 12.5. The summed E-state index contributed by atoms with van der Waals surface area (Å²) in [4.78, 5) is 17.2. The number of benzene rings is 3. The van der Waals surface area contributed by atoms with E-state index in [1.54, 1.807) is 7.11 Å². The number of imidazole rings is 1. The minimum atomic E-state index is -0.301. The molecule has 1 unspecified atom stereocenters. The predicted molar refractivity (Wildman–Crippen MR) is 127 cm³/mol. The van der Waals surface area contributed by atoms with Crippen molar-refractivity contribution in [3.63, 3.8) is 0 Å². The first kappa shape index (κ1) is 22.2. The van der Waals surface area contributed by atoms with Gasteiger partial charge in [-0.3, -0.25) is 4.79 Å². The highest BCUT2D eigenvalue weighted by atomic mass is 16.5. The van der Waals surface area contributed by atoms with Gasteiger partial charge in [-0.15, -0.1) is 0 Å². The predicted octanol–water partition coefficient (Wildman–Crippen LogP) is 4.38. The van der Waals surface area contributed by atoms with Gasteiger partial charge in [0.2, 0.25) is 0 Å². The van der Waals surface area contributed by atoms with Gasteiger partial charge in [0.25, 0.3) is 5.91 Å². The molecule has 0 aliphatic carbocycles. The first-order chi connectivity index (χ1) is 16.1. The van der Waals surface area contributed by atoms with E-state index < -0.39 is 0 Å². The Hall–Kier alpha value is -4.00. The van der Waals surface area contributed by atoms with E-state index in [4.69, 9.17) is 19.2 Å². The first-order valence-electron chi connectivity index (χ1n) is 10.8. The van der Waals surface area contributed by atoms with Crippen molar-refractivity contribution in [2.24, 2.45) is 0 Å². The number of aromatic nitrogens is 2. The molecule has 3 aromatic carbocycles. The molecule has 0 fully saturated rings. The van der Waals surface area contributed by atoms with Crippen LogP contribution in [-0.4, -0.2) is 35.8 Å². The fraction of sp³-hybridized carbons (Fsp3) is 0.231. The Kier molecular flexibility index (Phi) is 7.09. The smallest absolute Gasteiger partial charge is 0.258 e. The summed E-state index contributed by atoms with van der Waals surface area (Å²) in [5.74, 6) is 2.76. The lowest BCUT2D eigenvalue weighted by atomic mass is 10.3. The molecule has 33 heavy (non-hydrogen) atoms. The van der Waals surface area contributed by atoms with Crippen LogP contribution < -0.4 is 19.5 Å². The molecule has 4 aromatic rings. The number of carbonyl (C=O) groups is 1. The number of carbonyl (C=O) groups excluding carboxylic acids is 1. The maximum Gasteiger partial charge on any atom is 0.258 e. The van der Waals surface area contributed by atoms with Gasteiger partial charge in [0, 0.05) is 0 Å². The molecule has 0 bridgehead atoms. The van der Waals surface area contributed by atoms with Crippen molar-refractivity contribution >= 4 is 16.9 Å². The van der Waals surface area contributed by atoms with Crippen LogP contribution in [0.2, 0.25) is 0 Å². The molecular formula is C26H27N3O4. The molecule has 1 heterocycles. The van der Waals surface area contributed by atoms with Crippen molar-refractivity contribution < 1.29 is 19.0 Å². The zero-order chi connectivity index (χ0) is 23.0. The van der Waals surface area contributed by atoms with Crippen LogP contribution in [0.4, 0.5) is 0 Å². The Morgan fingerprint density at radius 2 is 1.58 bits per heavy atom. The van der Waals surface area contributed by atoms with E-state index >= 15 is 0 Å². The highest BCUT2D eigenvalue weighted by Gasteiger charge is 2.18. The van der Waals surface area contributed by atoms with E-state index in [1.165, 1.54) is 0 Å². The molecule has 4 rings (SSSR count). The molecule has 0 saturated heterocycles. The summed E-state index contributed by atoms with van der Waals surface area (Å²) in [5, 5.41) is 2.99. The number of nitrogens with zero attached hydrogens (tertiary/aromatic N) is 2. The maximum absolute atomic E-state index is 12.5. The summed E-state index contributed by atoms with van der Waals surface area (Å²) in [7, 11) is 1.63. The van der Waals surface area contributed by atoms with Crippen LogP contribution in [0, 0.1) is 0 Å². The van der Waals surface area contributed by atoms with Gasteiger partial charge in [0.15, 0.2) is 6.61 Å². The van der Waals surface area contributed by atoms with Crippen molar-refractivity contribution in [1.82, 2.24) is 14.9 Å². The highest BCUT2D eigenvalue weighted by molar-refractivity contribution is 5.79.